The number of nitrogens with zero attached hydrogens (tertiary/aromatic N) is 3. The molecule has 0 atom stereocenters. The maximum absolute atomic E-state index is 13.2. The van der Waals surface area contributed by atoms with Crippen LogP contribution in [0.1, 0.15) is 20.7 Å². The molecule has 150 valence electrons. The van der Waals surface area contributed by atoms with E-state index in [9.17, 15) is 14.4 Å². The summed E-state index contributed by atoms with van der Waals surface area (Å²) in [6, 6.07) is 0. The lowest BCUT2D eigenvalue weighted by Crippen LogP contribution is -2.43. The summed E-state index contributed by atoms with van der Waals surface area (Å²) in [7, 11) is 0. The molecule has 2 aliphatic heterocycles. The highest BCUT2D eigenvalue weighted by molar-refractivity contribution is 14.1. The van der Waals surface area contributed by atoms with E-state index in [2.05, 4.69) is 27.6 Å². The topological polar surface area (TPSA) is 88.5 Å². The summed E-state index contributed by atoms with van der Waals surface area (Å²) in [5.74, 6) is -0.376. The van der Waals surface area contributed by atoms with Gasteiger partial charge in [-0.2, -0.15) is 4.99 Å². The largest absolute Gasteiger partial charge is 0.378 e. The molecule has 1 aromatic rings. The fourth-order valence-electron chi connectivity index (χ4n) is 3.02. The molecule has 2 heterocycles. The van der Waals surface area contributed by atoms with E-state index in [-0.39, 0.29) is 11.8 Å². The van der Waals surface area contributed by atoms with Crippen LogP contribution in [-0.2, 0) is 14.3 Å². The van der Waals surface area contributed by atoms with Crippen molar-refractivity contribution in [3.8, 4) is 0 Å². The van der Waals surface area contributed by atoms with Crippen LogP contribution in [0.5, 0.6) is 0 Å². The summed E-state index contributed by atoms with van der Waals surface area (Å²) in [4.78, 5) is 44.7. The summed E-state index contributed by atoms with van der Waals surface area (Å²) < 4.78 is 12.3. The smallest absolute Gasteiger partial charge is 0.256 e. The summed E-state index contributed by atoms with van der Waals surface area (Å²) in [5, 5.41) is 0. The van der Waals surface area contributed by atoms with E-state index in [1.54, 1.807) is 15.9 Å². The van der Waals surface area contributed by atoms with Crippen molar-refractivity contribution in [1.82, 2.24) is 9.80 Å². The normalized spacial score (nSPS) is 17.2. The molecule has 0 spiro atoms. The van der Waals surface area contributed by atoms with Crippen molar-refractivity contribution in [3.05, 3.63) is 21.8 Å². The van der Waals surface area contributed by atoms with Crippen LogP contribution in [0.2, 0.25) is 0 Å². The van der Waals surface area contributed by atoms with Crippen LogP contribution in [0.25, 0.3) is 0 Å². The molecule has 8 nitrogen and oxygen atoms in total. The number of isocyanates is 1. The number of carbonyl (C=O) groups excluding carboxylic acids is 3. The van der Waals surface area contributed by atoms with Crippen molar-refractivity contribution < 1.29 is 23.9 Å². The summed E-state index contributed by atoms with van der Waals surface area (Å²) in [5.41, 5.74) is 1.10. The molecule has 0 aromatic heterocycles. The molecule has 3 rings (SSSR count). The quantitative estimate of drug-likeness (QED) is 0.272. The highest BCUT2D eigenvalue weighted by Crippen LogP contribution is 2.38. The molecule has 28 heavy (non-hydrogen) atoms. The molecule has 2 saturated heterocycles. The first-order chi connectivity index (χ1) is 13.5. The number of morpholine rings is 2. The van der Waals surface area contributed by atoms with Gasteiger partial charge in [0.15, 0.2) is 0 Å². The maximum Gasteiger partial charge on any atom is 0.256 e. The Hall–Kier alpha value is -0.350. The third kappa shape index (κ3) is 4.53. The second kappa shape index (κ2) is 10.1. The van der Waals surface area contributed by atoms with E-state index in [4.69, 9.17) is 9.47 Å². The lowest BCUT2D eigenvalue weighted by Gasteiger charge is -2.30. The lowest BCUT2D eigenvalue weighted by molar-refractivity contribution is 0.0296. The predicted octanol–water partition coefficient (Wildman–Crippen LogP) is 2.41. The van der Waals surface area contributed by atoms with Gasteiger partial charge in [-0.3, -0.25) is 9.59 Å². The highest BCUT2D eigenvalue weighted by atomic mass is 127. The molecule has 0 N–H and O–H groups in total. The molecule has 1 aromatic carbocycles. The van der Waals surface area contributed by atoms with E-state index in [0.29, 0.717) is 80.1 Å². The van der Waals surface area contributed by atoms with E-state index in [0.717, 1.165) is 0 Å². The van der Waals surface area contributed by atoms with Gasteiger partial charge in [0.25, 0.3) is 11.8 Å². The zero-order chi connectivity index (χ0) is 20.3. The van der Waals surface area contributed by atoms with Gasteiger partial charge < -0.3 is 19.3 Å². The van der Waals surface area contributed by atoms with Crippen LogP contribution in [0, 0.1) is 10.7 Å². The minimum atomic E-state index is -0.188. The maximum atomic E-state index is 13.2. The number of amides is 2. The first-order valence-electron chi connectivity index (χ1n) is 8.49. The summed E-state index contributed by atoms with van der Waals surface area (Å²) in [6.45, 7) is 3.83. The zero-order valence-electron chi connectivity index (χ0n) is 14.7. The van der Waals surface area contributed by atoms with Gasteiger partial charge in [0.2, 0.25) is 6.08 Å². The monoisotopic (exact) mass is 723 g/mol. The van der Waals surface area contributed by atoms with Gasteiger partial charge >= 0.3 is 0 Å². The van der Waals surface area contributed by atoms with Crippen molar-refractivity contribution >= 4 is 91.4 Å². The average molecular weight is 723 g/mol. The van der Waals surface area contributed by atoms with E-state index in [1.165, 1.54) is 0 Å². The molecule has 2 fully saturated rings. The summed E-state index contributed by atoms with van der Waals surface area (Å²) >= 11 is 6.08. The fraction of sp³-hybridized carbons (Fsp3) is 0.471. The third-order valence-corrected chi connectivity index (χ3v) is 7.65. The molecule has 0 saturated carbocycles. The number of rotatable bonds is 3. The van der Waals surface area contributed by atoms with Crippen LogP contribution in [0.3, 0.4) is 0 Å². The Labute approximate surface area is 202 Å². The van der Waals surface area contributed by atoms with Crippen molar-refractivity contribution in [3.63, 3.8) is 0 Å². The second-order valence-corrected chi connectivity index (χ2v) is 9.29. The first-order valence-corrected chi connectivity index (χ1v) is 11.7. The van der Waals surface area contributed by atoms with Gasteiger partial charge in [-0.05, 0) is 67.8 Å². The molecular weight excluding hydrogens is 707 g/mol. The molecule has 0 unspecified atom stereocenters. The van der Waals surface area contributed by atoms with Crippen LogP contribution in [0.15, 0.2) is 4.99 Å². The average Bonchev–Trinajstić information content (AvgIpc) is 2.72. The van der Waals surface area contributed by atoms with Gasteiger partial charge in [-0.1, -0.05) is 0 Å². The van der Waals surface area contributed by atoms with Gasteiger partial charge in [-0.25, -0.2) is 4.79 Å². The SMILES string of the molecule is O=C=Nc1c(I)c(C(=O)N2CCOCC2)c(I)c(C(=O)N2CCOCC2)c1I. The van der Waals surface area contributed by atoms with Gasteiger partial charge in [-0.15, -0.1) is 0 Å². The number of halogens is 3. The number of hydrogen-bond acceptors (Lipinski definition) is 6. The molecule has 2 aliphatic rings. The van der Waals surface area contributed by atoms with Crippen LogP contribution in [-0.4, -0.2) is 80.3 Å². The predicted molar refractivity (Wildman–Crippen MR) is 126 cm³/mol. The van der Waals surface area contributed by atoms with Crippen molar-refractivity contribution in [2.24, 2.45) is 4.99 Å². The molecule has 11 heteroatoms. The van der Waals surface area contributed by atoms with Gasteiger partial charge in [0.1, 0.15) is 5.69 Å². The first kappa shape index (κ1) is 22.3. The Bertz CT molecular complexity index is 788. The molecule has 0 radical (unpaired) electrons. The number of aliphatic imine (C=N–C) groups is 1. The Morgan fingerprint density at radius 2 is 1.18 bits per heavy atom. The number of hydrogen-bond donors (Lipinski definition) is 0. The minimum Gasteiger partial charge on any atom is -0.378 e. The van der Waals surface area contributed by atoms with E-state index < -0.39 is 0 Å². The van der Waals surface area contributed by atoms with E-state index in [1.807, 2.05) is 45.2 Å². The summed E-state index contributed by atoms with van der Waals surface area (Å²) in [6.07, 6.45) is 1.55. The van der Waals surface area contributed by atoms with Gasteiger partial charge in [0.05, 0.1) is 44.7 Å². The number of ether oxygens (including phenoxy) is 2. The van der Waals surface area contributed by atoms with E-state index >= 15 is 0 Å². The Balaban J connectivity index is 2.13. The standard InChI is InChI=1S/C17H16I3N3O5/c18-12-10(16(25)22-1-5-27-6-2-22)13(19)15(21-9-24)14(20)11(12)17(26)23-3-7-28-8-4-23/h1-8H2. The molecule has 2 amide bonds. The number of carbonyl (C=O) groups is 2. The van der Waals surface area contributed by atoms with Crippen molar-refractivity contribution in [1.29, 1.82) is 0 Å². The lowest BCUT2D eigenvalue weighted by atomic mass is 10.1. The molecule has 0 bridgehead atoms. The number of benzene rings is 1. The molecular formula is C17H16I3N3O5. The van der Waals surface area contributed by atoms with Crippen LogP contribution < -0.4 is 0 Å². The van der Waals surface area contributed by atoms with Crippen LogP contribution >= 0.6 is 67.8 Å². The molecule has 0 aliphatic carbocycles. The Kier molecular flexibility index (Phi) is 8.06. The Morgan fingerprint density at radius 3 is 1.54 bits per heavy atom. The van der Waals surface area contributed by atoms with Crippen LogP contribution in [0.4, 0.5) is 5.69 Å². The zero-order valence-corrected chi connectivity index (χ0v) is 21.1. The van der Waals surface area contributed by atoms with Crippen molar-refractivity contribution in [2.75, 3.05) is 52.6 Å². The highest BCUT2D eigenvalue weighted by Gasteiger charge is 2.32. The minimum absolute atomic E-state index is 0.188. The van der Waals surface area contributed by atoms with Gasteiger partial charge in [0, 0.05) is 29.7 Å². The fourth-order valence-corrected chi connectivity index (χ4v) is 7.35. The third-order valence-electron chi connectivity index (χ3n) is 4.48. The second-order valence-electron chi connectivity index (χ2n) is 6.05. The van der Waals surface area contributed by atoms with Crippen molar-refractivity contribution in [2.45, 2.75) is 0 Å². The Morgan fingerprint density at radius 1 is 0.786 bits per heavy atom.